The molecule has 1 rings (SSSR count). The molecule has 0 aromatic heterocycles. The fourth-order valence-electron chi connectivity index (χ4n) is 1.59. The summed E-state index contributed by atoms with van der Waals surface area (Å²) >= 11 is 0. The molecule has 0 saturated heterocycles. The average molecular weight is 265 g/mol. The summed E-state index contributed by atoms with van der Waals surface area (Å²) in [7, 11) is 0. The molecule has 0 aliphatic carbocycles. The third kappa shape index (κ3) is 5.90. The molecule has 0 heterocycles. The summed E-state index contributed by atoms with van der Waals surface area (Å²) in [6.45, 7) is 2.11. The van der Waals surface area contributed by atoms with E-state index in [0.29, 0.717) is 18.6 Å². The molecule has 0 aliphatic rings. The van der Waals surface area contributed by atoms with Gasteiger partial charge in [-0.3, -0.25) is 4.79 Å². The Labute approximate surface area is 112 Å². The number of amides is 1. The summed E-state index contributed by atoms with van der Waals surface area (Å²) in [6, 6.07) is 8.36. The molecule has 1 atom stereocenters. The smallest absolute Gasteiger partial charge is 0.326 e. The molecular formula is C14H19NO4. The second kappa shape index (κ2) is 8.13. The zero-order chi connectivity index (χ0) is 14.1. The lowest BCUT2D eigenvalue weighted by molar-refractivity contribution is -0.142. The summed E-state index contributed by atoms with van der Waals surface area (Å²) in [5, 5.41) is 11.4. The Hall–Kier alpha value is -2.04. The van der Waals surface area contributed by atoms with Crippen LogP contribution in [0.5, 0.6) is 5.75 Å². The first-order valence-electron chi connectivity index (χ1n) is 6.33. The number of carboxylic acids is 1. The maximum Gasteiger partial charge on any atom is 0.326 e. The highest BCUT2D eigenvalue weighted by Gasteiger charge is 2.18. The van der Waals surface area contributed by atoms with E-state index in [0.717, 1.165) is 0 Å². The van der Waals surface area contributed by atoms with Crippen molar-refractivity contribution >= 4 is 11.9 Å². The van der Waals surface area contributed by atoms with E-state index in [1.807, 2.05) is 25.1 Å². The Balaban J connectivity index is 2.29. The molecule has 2 N–H and O–H groups in total. The van der Waals surface area contributed by atoms with Gasteiger partial charge in [0.2, 0.25) is 5.91 Å². The van der Waals surface area contributed by atoms with Crippen LogP contribution in [-0.2, 0) is 9.59 Å². The first-order chi connectivity index (χ1) is 9.13. The number of carbonyl (C=O) groups excluding carboxylic acids is 1. The van der Waals surface area contributed by atoms with E-state index < -0.39 is 12.0 Å². The first kappa shape index (κ1) is 15.0. The number of nitrogens with one attached hydrogen (secondary N) is 1. The standard InChI is InChI=1S/C14H19NO4/c1-2-6-12(14(17)18)15-13(16)9-10-19-11-7-4-3-5-8-11/h3-5,7-8,12H,2,6,9-10H2,1H3,(H,15,16)(H,17,18). The van der Waals surface area contributed by atoms with Crippen LogP contribution in [0.3, 0.4) is 0 Å². The maximum atomic E-state index is 11.6. The lowest BCUT2D eigenvalue weighted by atomic mass is 10.1. The third-order valence-corrected chi connectivity index (χ3v) is 2.55. The van der Waals surface area contributed by atoms with Crippen molar-refractivity contribution in [3.63, 3.8) is 0 Å². The van der Waals surface area contributed by atoms with E-state index >= 15 is 0 Å². The zero-order valence-electron chi connectivity index (χ0n) is 11.0. The Morgan fingerprint density at radius 3 is 2.58 bits per heavy atom. The molecule has 0 aliphatic heterocycles. The summed E-state index contributed by atoms with van der Waals surface area (Å²) in [4.78, 5) is 22.4. The van der Waals surface area contributed by atoms with Crippen LogP contribution in [0.1, 0.15) is 26.2 Å². The van der Waals surface area contributed by atoms with Gasteiger partial charge in [-0.25, -0.2) is 4.79 Å². The number of ether oxygens (including phenoxy) is 1. The van der Waals surface area contributed by atoms with Crippen molar-refractivity contribution in [3.05, 3.63) is 30.3 Å². The minimum Gasteiger partial charge on any atom is -0.493 e. The molecule has 1 unspecified atom stereocenters. The predicted molar refractivity (Wildman–Crippen MR) is 71.0 cm³/mol. The molecule has 5 nitrogen and oxygen atoms in total. The van der Waals surface area contributed by atoms with E-state index in [1.54, 1.807) is 12.1 Å². The normalized spacial score (nSPS) is 11.6. The van der Waals surface area contributed by atoms with Crippen LogP contribution >= 0.6 is 0 Å². The van der Waals surface area contributed by atoms with Gasteiger partial charge in [-0.15, -0.1) is 0 Å². The van der Waals surface area contributed by atoms with Gasteiger partial charge in [0, 0.05) is 0 Å². The molecule has 104 valence electrons. The molecular weight excluding hydrogens is 246 g/mol. The van der Waals surface area contributed by atoms with Crippen LogP contribution in [-0.4, -0.2) is 29.6 Å². The third-order valence-electron chi connectivity index (χ3n) is 2.55. The lowest BCUT2D eigenvalue weighted by Crippen LogP contribution is -2.41. The van der Waals surface area contributed by atoms with Gasteiger partial charge < -0.3 is 15.2 Å². The van der Waals surface area contributed by atoms with Crippen molar-refractivity contribution in [3.8, 4) is 5.75 Å². The van der Waals surface area contributed by atoms with Crippen molar-refractivity contribution < 1.29 is 19.4 Å². The largest absolute Gasteiger partial charge is 0.493 e. The van der Waals surface area contributed by atoms with E-state index in [4.69, 9.17) is 9.84 Å². The summed E-state index contributed by atoms with van der Waals surface area (Å²) in [6.07, 6.45) is 1.28. The zero-order valence-corrected chi connectivity index (χ0v) is 11.0. The fraction of sp³-hybridized carbons (Fsp3) is 0.429. The van der Waals surface area contributed by atoms with Gasteiger partial charge >= 0.3 is 5.97 Å². The quantitative estimate of drug-likeness (QED) is 0.752. The number of hydrogen-bond donors (Lipinski definition) is 2. The fourth-order valence-corrected chi connectivity index (χ4v) is 1.59. The minimum atomic E-state index is -1.00. The molecule has 1 aromatic carbocycles. The van der Waals surface area contributed by atoms with Crippen molar-refractivity contribution in [2.45, 2.75) is 32.2 Å². The Bertz CT molecular complexity index is 405. The molecule has 0 bridgehead atoms. The number of hydrogen-bond acceptors (Lipinski definition) is 3. The molecule has 0 fully saturated rings. The molecule has 0 saturated carbocycles. The summed E-state index contributed by atoms with van der Waals surface area (Å²) in [5.41, 5.74) is 0. The van der Waals surface area contributed by atoms with Crippen molar-refractivity contribution in [2.75, 3.05) is 6.61 Å². The molecule has 19 heavy (non-hydrogen) atoms. The van der Waals surface area contributed by atoms with Gasteiger partial charge in [0.05, 0.1) is 13.0 Å². The predicted octanol–water partition coefficient (Wildman–Crippen LogP) is 1.83. The van der Waals surface area contributed by atoms with Crippen molar-refractivity contribution in [1.82, 2.24) is 5.32 Å². The van der Waals surface area contributed by atoms with Gasteiger partial charge in [-0.05, 0) is 18.6 Å². The van der Waals surface area contributed by atoms with Crippen LogP contribution < -0.4 is 10.1 Å². The van der Waals surface area contributed by atoms with Crippen molar-refractivity contribution in [2.24, 2.45) is 0 Å². The minimum absolute atomic E-state index is 0.141. The van der Waals surface area contributed by atoms with Gasteiger partial charge in [0.1, 0.15) is 11.8 Å². The second-order valence-electron chi connectivity index (χ2n) is 4.16. The Kier molecular flexibility index (Phi) is 6.43. The molecule has 0 spiro atoms. The Morgan fingerprint density at radius 1 is 1.32 bits per heavy atom. The van der Waals surface area contributed by atoms with Crippen LogP contribution in [0.25, 0.3) is 0 Å². The molecule has 5 heteroatoms. The van der Waals surface area contributed by atoms with Crippen LogP contribution in [0.2, 0.25) is 0 Å². The highest BCUT2D eigenvalue weighted by Crippen LogP contribution is 2.08. The van der Waals surface area contributed by atoms with Crippen molar-refractivity contribution in [1.29, 1.82) is 0 Å². The number of aliphatic carboxylic acids is 1. The average Bonchev–Trinajstić information content (AvgIpc) is 2.39. The molecule has 0 radical (unpaired) electrons. The number of para-hydroxylation sites is 1. The molecule has 1 amide bonds. The highest BCUT2D eigenvalue weighted by molar-refractivity contribution is 5.83. The highest BCUT2D eigenvalue weighted by atomic mass is 16.5. The number of rotatable bonds is 8. The van der Waals surface area contributed by atoms with E-state index in [-0.39, 0.29) is 18.9 Å². The van der Waals surface area contributed by atoms with Gasteiger partial charge in [-0.1, -0.05) is 31.5 Å². The first-order valence-corrected chi connectivity index (χ1v) is 6.33. The number of benzene rings is 1. The number of carbonyl (C=O) groups is 2. The van der Waals surface area contributed by atoms with Crippen LogP contribution in [0.15, 0.2) is 30.3 Å². The van der Waals surface area contributed by atoms with E-state index in [1.165, 1.54) is 0 Å². The summed E-state index contributed by atoms with van der Waals surface area (Å²) < 4.78 is 5.37. The number of carboxylic acid groups (broad SMARTS) is 1. The second-order valence-corrected chi connectivity index (χ2v) is 4.16. The van der Waals surface area contributed by atoms with Gasteiger partial charge in [0.25, 0.3) is 0 Å². The van der Waals surface area contributed by atoms with E-state index in [9.17, 15) is 9.59 Å². The maximum absolute atomic E-state index is 11.6. The van der Waals surface area contributed by atoms with Crippen LogP contribution in [0.4, 0.5) is 0 Å². The summed E-state index contributed by atoms with van der Waals surface area (Å²) in [5.74, 6) is -0.616. The monoisotopic (exact) mass is 265 g/mol. The van der Waals surface area contributed by atoms with Gasteiger partial charge in [0.15, 0.2) is 0 Å². The lowest BCUT2D eigenvalue weighted by Gasteiger charge is -2.13. The van der Waals surface area contributed by atoms with Crippen LogP contribution in [0, 0.1) is 0 Å². The molecule has 1 aromatic rings. The van der Waals surface area contributed by atoms with E-state index in [2.05, 4.69) is 5.32 Å². The Morgan fingerprint density at radius 2 is 2.00 bits per heavy atom. The topological polar surface area (TPSA) is 75.6 Å². The SMILES string of the molecule is CCCC(NC(=O)CCOc1ccccc1)C(=O)O. The van der Waals surface area contributed by atoms with Gasteiger partial charge in [-0.2, -0.15) is 0 Å².